The molecule has 6 nitrogen and oxygen atoms in total. The number of unbranched alkanes of at least 4 members (excludes halogenated alkanes) is 2. The number of nitrogen functional groups attached to an aromatic ring is 1. The van der Waals surface area contributed by atoms with E-state index >= 15 is 0 Å². The lowest BCUT2D eigenvalue weighted by Gasteiger charge is -2.31. The van der Waals surface area contributed by atoms with Crippen LogP contribution in [0.2, 0.25) is 10.0 Å². The number of carbonyl (C=O) groups is 1. The fourth-order valence-corrected chi connectivity index (χ4v) is 4.11. The molecule has 0 heterocycles. The number of hydrogen-bond donors (Lipinski definition) is 2. The molecule has 0 radical (unpaired) electrons. The zero-order valence-electron chi connectivity index (χ0n) is 20.1. The van der Waals surface area contributed by atoms with Crippen LogP contribution in [-0.2, 0) is 0 Å². The van der Waals surface area contributed by atoms with Crippen molar-refractivity contribution in [3.8, 4) is 11.5 Å². The summed E-state index contributed by atoms with van der Waals surface area (Å²) in [5, 5.41) is 8.05. The van der Waals surface area contributed by atoms with Crippen LogP contribution in [-0.4, -0.2) is 41.9 Å². The van der Waals surface area contributed by atoms with Crippen LogP contribution in [0.25, 0.3) is 0 Å². The van der Waals surface area contributed by atoms with Crippen LogP contribution in [0.3, 0.4) is 0 Å². The predicted molar refractivity (Wildman–Crippen MR) is 142 cm³/mol. The van der Waals surface area contributed by atoms with E-state index in [0.29, 0.717) is 40.1 Å². The number of amidine groups is 1. The quantitative estimate of drug-likeness (QED) is 0.184. The van der Waals surface area contributed by atoms with Crippen LogP contribution in [0.15, 0.2) is 36.4 Å². The summed E-state index contributed by atoms with van der Waals surface area (Å²) in [5.41, 5.74) is 6.57. The van der Waals surface area contributed by atoms with Gasteiger partial charge in [0.2, 0.25) is 0 Å². The molecule has 0 unspecified atom stereocenters. The van der Waals surface area contributed by atoms with Gasteiger partial charge in [-0.1, -0.05) is 23.2 Å². The van der Waals surface area contributed by atoms with Gasteiger partial charge in [0.15, 0.2) is 5.75 Å². The van der Waals surface area contributed by atoms with Crippen molar-refractivity contribution in [3.05, 3.63) is 57.6 Å². The minimum absolute atomic E-state index is 0. The second kappa shape index (κ2) is 14.3. The fraction of sp³-hybridized carbons (Fsp3) is 0.440. The van der Waals surface area contributed by atoms with Crippen molar-refractivity contribution in [1.82, 2.24) is 4.90 Å². The van der Waals surface area contributed by atoms with E-state index in [1.165, 1.54) is 0 Å². The van der Waals surface area contributed by atoms with Crippen LogP contribution in [0.1, 0.15) is 62.9 Å². The maximum Gasteiger partial charge on any atom is 0.254 e. The van der Waals surface area contributed by atoms with Gasteiger partial charge in [0.05, 0.1) is 23.3 Å². The van der Waals surface area contributed by atoms with Crippen LogP contribution < -0.4 is 15.2 Å². The third-order valence-electron chi connectivity index (χ3n) is 5.06. The summed E-state index contributed by atoms with van der Waals surface area (Å²) in [4.78, 5) is 14.7. The van der Waals surface area contributed by atoms with Crippen molar-refractivity contribution in [1.29, 1.82) is 5.41 Å². The average Bonchev–Trinajstić information content (AvgIpc) is 2.74. The third-order valence-corrected chi connectivity index (χ3v) is 5.62. The Balaban J connectivity index is 0.00000578. The molecule has 3 N–H and O–H groups in total. The van der Waals surface area contributed by atoms with Gasteiger partial charge < -0.3 is 20.1 Å². The van der Waals surface area contributed by atoms with Crippen molar-refractivity contribution >= 4 is 47.4 Å². The second-order valence-corrected chi connectivity index (χ2v) is 9.18. The largest absolute Gasteiger partial charge is 0.494 e. The number of ether oxygens (including phenoxy) is 2. The number of carbonyl (C=O) groups excluding carboxylic acids is 1. The predicted octanol–water partition coefficient (Wildman–Crippen LogP) is 6.59. The van der Waals surface area contributed by atoms with Gasteiger partial charge in [-0.15, -0.1) is 12.4 Å². The van der Waals surface area contributed by atoms with E-state index in [1.54, 1.807) is 41.3 Å². The highest BCUT2D eigenvalue weighted by Gasteiger charge is 2.23. The lowest BCUT2D eigenvalue weighted by Crippen LogP contribution is -2.42. The molecule has 0 aliphatic carbocycles. The van der Waals surface area contributed by atoms with Gasteiger partial charge in [-0.05, 0) is 83.4 Å². The number of hydrogen-bond acceptors (Lipinski definition) is 4. The Hall–Kier alpha value is -2.15. The summed E-state index contributed by atoms with van der Waals surface area (Å²) in [6, 6.07) is 10.5. The number of halogens is 3. The summed E-state index contributed by atoms with van der Waals surface area (Å²) >= 11 is 12.8. The molecule has 2 rings (SSSR count). The summed E-state index contributed by atoms with van der Waals surface area (Å²) in [5.74, 6) is 1.08. The summed E-state index contributed by atoms with van der Waals surface area (Å²) in [7, 11) is 0. The van der Waals surface area contributed by atoms with Crippen molar-refractivity contribution in [2.24, 2.45) is 5.73 Å². The standard InChI is InChI=1S/C25H33Cl2N3O3.ClH/c1-16(2)30(17(3)4)25(31)19-14-21(26)23(22(27)15-19)33-13-7-5-6-12-32-20-10-8-18(9-11-20)24(28)29;/h8-11,14-17H,5-7,12-13H2,1-4H3,(H3,28,29);1H. The molecule has 2 aromatic carbocycles. The SMILES string of the molecule is CC(C)N(C(=O)c1cc(Cl)c(OCCCCCOc2ccc(C(=N)N)cc2)c(Cl)c1)C(C)C.Cl. The molecule has 0 fully saturated rings. The Kier molecular flexibility index (Phi) is 12.6. The maximum absolute atomic E-state index is 12.9. The molecule has 1 amide bonds. The number of nitrogens with one attached hydrogen (secondary N) is 1. The Morgan fingerprint density at radius 1 is 0.912 bits per heavy atom. The van der Waals surface area contributed by atoms with Gasteiger partial charge in [-0.3, -0.25) is 10.2 Å². The van der Waals surface area contributed by atoms with E-state index in [4.69, 9.17) is 43.8 Å². The number of amides is 1. The smallest absolute Gasteiger partial charge is 0.254 e. The number of nitrogens with zero attached hydrogens (tertiary/aromatic N) is 1. The minimum Gasteiger partial charge on any atom is -0.494 e. The lowest BCUT2D eigenvalue weighted by molar-refractivity contribution is 0.0643. The molecule has 0 aliphatic rings. The molecule has 0 aromatic heterocycles. The van der Waals surface area contributed by atoms with Crippen molar-refractivity contribution < 1.29 is 14.3 Å². The average molecular weight is 531 g/mol. The van der Waals surface area contributed by atoms with Gasteiger partial charge >= 0.3 is 0 Å². The van der Waals surface area contributed by atoms with Gasteiger partial charge in [0.25, 0.3) is 5.91 Å². The number of nitrogens with two attached hydrogens (primary N) is 1. The van der Waals surface area contributed by atoms with E-state index in [9.17, 15) is 4.79 Å². The highest BCUT2D eigenvalue weighted by Crippen LogP contribution is 2.35. The first-order valence-electron chi connectivity index (χ1n) is 11.1. The zero-order chi connectivity index (χ0) is 24.5. The van der Waals surface area contributed by atoms with E-state index in [1.807, 2.05) is 27.7 Å². The molecule has 0 spiro atoms. The van der Waals surface area contributed by atoms with E-state index in [2.05, 4.69) is 0 Å². The topological polar surface area (TPSA) is 88.6 Å². The first-order valence-corrected chi connectivity index (χ1v) is 11.9. The van der Waals surface area contributed by atoms with Crippen molar-refractivity contribution in [2.75, 3.05) is 13.2 Å². The highest BCUT2D eigenvalue weighted by molar-refractivity contribution is 6.37. The normalized spacial score (nSPS) is 10.7. The van der Waals surface area contributed by atoms with E-state index in [-0.39, 0.29) is 36.2 Å². The van der Waals surface area contributed by atoms with Gasteiger partial charge in [-0.25, -0.2) is 0 Å². The molecule has 2 aromatic rings. The Morgan fingerprint density at radius 2 is 1.41 bits per heavy atom. The van der Waals surface area contributed by atoms with Gasteiger partial charge in [0.1, 0.15) is 11.6 Å². The Morgan fingerprint density at radius 3 is 1.88 bits per heavy atom. The molecular weight excluding hydrogens is 497 g/mol. The first kappa shape index (κ1) is 29.9. The van der Waals surface area contributed by atoms with Crippen LogP contribution >= 0.6 is 35.6 Å². The van der Waals surface area contributed by atoms with E-state index < -0.39 is 0 Å². The monoisotopic (exact) mass is 529 g/mol. The molecule has 188 valence electrons. The molecule has 0 bridgehead atoms. The Bertz CT molecular complexity index is 919. The molecule has 0 saturated heterocycles. The lowest BCUT2D eigenvalue weighted by atomic mass is 10.1. The zero-order valence-corrected chi connectivity index (χ0v) is 22.4. The van der Waals surface area contributed by atoms with E-state index in [0.717, 1.165) is 25.0 Å². The fourth-order valence-electron chi connectivity index (χ4n) is 3.51. The second-order valence-electron chi connectivity index (χ2n) is 8.36. The van der Waals surface area contributed by atoms with Crippen molar-refractivity contribution in [2.45, 2.75) is 59.0 Å². The molecular formula is C25H34Cl3N3O3. The summed E-state index contributed by atoms with van der Waals surface area (Å²) < 4.78 is 11.5. The Labute approximate surface area is 218 Å². The van der Waals surface area contributed by atoms with Crippen LogP contribution in [0, 0.1) is 5.41 Å². The summed E-state index contributed by atoms with van der Waals surface area (Å²) in [6.07, 6.45) is 2.59. The molecule has 0 aliphatic heterocycles. The highest BCUT2D eigenvalue weighted by atomic mass is 35.5. The van der Waals surface area contributed by atoms with Gasteiger partial charge in [-0.2, -0.15) is 0 Å². The number of rotatable bonds is 12. The van der Waals surface area contributed by atoms with Crippen molar-refractivity contribution in [3.63, 3.8) is 0 Å². The van der Waals surface area contributed by atoms with Crippen LogP contribution in [0.4, 0.5) is 0 Å². The third kappa shape index (κ3) is 8.57. The van der Waals surface area contributed by atoms with Crippen LogP contribution in [0.5, 0.6) is 11.5 Å². The van der Waals surface area contributed by atoms with Gasteiger partial charge in [0, 0.05) is 23.2 Å². The maximum atomic E-state index is 12.9. The minimum atomic E-state index is -0.105. The molecule has 34 heavy (non-hydrogen) atoms. The summed E-state index contributed by atoms with van der Waals surface area (Å²) in [6.45, 7) is 8.97. The molecule has 0 saturated carbocycles. The molecule has 0 atom stereocenters. The first-order chi connectivity index (χ1) is 15.6. The number of benzene rings is 2. The molecule has 9 heteroatoms.